The molecule has 0 aliphatic rings. The van der Waals surface area contributed by atoms with Crippen molar-refractivity contribution in [2.75, 3.05) is 24.9 Å². The summed E-state index contributed by atoms with van der Waals surface area (Å²) >= 11 is 4.89. The molecule has 0 atom stereocenters. The quantitative estimate of drug-likeness (QED) is 0.561. The van der Waals surface area contributed by atoms with Crippen LogP contribution < -0.4 is 20.6 Å². The highest BCUT2D eigenvalue weighted by atomic mass is 79.9. The van der Waals surface area contributed by atoms with E-state index in [1.165, 1.54) is 11.3 Å². The average molecular weight is 385 g/mol. The Balaban J connectivity index is 2.12. The lowest BCUT2D eigenvalue weighted by molar-refractivity contribution is 0.292. The lowest BCUT2D eigenvalue weighted by Crippen LogP contribution is -2.00. The molecule has 0 aliphatic heterocycles. The second-order valence-corrected chi connectivity index (χ2v) is 6.04. The monoisotopic (exact) mass is 384 g/mol. The Labute approximate surface area is 141 Å². The maximum absolute atomic E-state index is 5.69. The van der Waals surface area contributed by atoms with Crippen LogP contribution in [0.15, 0.2) is 27.1 Å². The van der Waals surface area contributed by atoms with Gasteiger partial charge in [-0.05, 0) is 40.0 Å². The first-order valence-corrected chi connectivity index (χ1v) is 8.31. The number of methoxy groups -OCH3 is 1. The molecule has 22 heavy (non-hydrogen) atoms. The van der Waals surface area contributed by atoms with Gasteiger partial charge in [-0.2, -0.15) is 5.10 Å². The molecule has 0 unspecified atom stereocenters. The van der Waals surface area contributed by atoms with Crippen LogP contribution in [0.5, 0.6) is 11.5 Å². The first-order valence-electron chi connectivity index (χ1n) is 6.64. The number of halogens is 1. The lowest BCUT2D eigenvalue weighted by Gasteiger charge is -2.12. The molecule has 0 bridgehead atoms. The molecular formula is C14H17BrN4O2S. The molecule has 2 rings (SSSR count). The van der Waals surface area contributed by atoms with Crippen LogP contribution in [0, 0.1) is 0 Å². The zero-order valence-electron chi connectivity index (χ0n) is 12.3. The van der Waals surface area contributed by atoms with Crippen LogP contribution in [-0.4, -0.2) is 24.9 Å². The minimum atomic E-state index is 0.476. The van der Waals surface area contributed by atoms with Gasteiger partial charge in [0.05, 0.1) is 24.4 Å². The van der Waals surface area contributed by atoms with Gasteiger partial charge in [-0.1, -0.05) is 6.92 Å². The van der Waals surface area contributed by atoms with Crippen LogP contribution >= 0.6 is 27.3 Å². The normalized spacial score (nSPS) is 10.9. The molecule has 118 valence electrons. The molecule has 0 aliphatic carbocycles. The maximum Gasteiger partial charge on any atom is 0.205 e. The maximum atomic E-state index is 5.69. The lowest BCUT2D eigenvalue weighted by atomic mass is 10.2. The van der Waals surface area contributed by atoms with Gasteiger partial charge in [0.1, 0.15) is 5.82 Å². The summed E-state index contributed by atoms with van der Waals surface area (Å²) < 4.78 is 11.9. The third kappa shape index (κ3) is 4.35. The minimum Gasteiger partial charge on any atom is -0.493 e. The van der Waals surface area contributed by atoms with Crippen LogP contribution in [0.2, 0.25) is 0 Å². The summed E-state index contributed by atoms with van der Waals surface area (Å²) in [6.45, 7) is 2.69. The number of nitrogen functional groups attached to an aromatic ring is 1. The number of hydrazone groups is 1. The molecular weight excluding hydrogens is 368 g/mol. The third-order valence-electron chi connectivity index (χ3n) is 2.60. The van der Waals surface area contributed by atoms with Gasteiger partial charge in [0.2, 0.25) is 5.13 Å². The van der Waals surface area contributed by atoms with Gasteiger partial charge in [-0.25, -0.2) is 4.98 Å². The van der Waals surface area contributed by atoms with Gasteiger partial charge in [0, 0.05) is 5.38 Å². The van der Waals surface area contributed by atoms with E-state index in [-0.39, 0.29) is 0 Å². The summed E-state index contributed by atoms with van der Waals surface area (Å²) in [5.41, 5.74) is 9.24. The summed E-state index contributed by atoms with van der Waals surface area (Å²) in [7, 11) is 1.61. The highest BCUT2D eigenvalue weighted by molar-refractivity contribution is 9.10. The van der Waals surface area contributed by atoms with Crippen LogP contribution in [-0.2, 0) is 0 Å². The van der Waals surface area contributed by atoms with Crippen molar-refractivity contribution in [3.8, 4) is 11.5 Å². The number of nitrogens with one attached hydrogen (secondary N) is 1. The molecule has 8 heteroatoms. The Hall–Kier alpha value is -1.80. The van der Waals surface area contributed by atoms with Gasteiger partial charge in [0.15, 0.2) is 11.5 Å². The number of rotatable bonds is 7. The fourth-order valence-electron chi connectivity index (χ4n) is 1.66. The second-order valence-electron chi connectivity index (χ2n) is 4.33. The molecule has 0 spiro atoms. The molecule has 1 heterocycles. The van der Waals surface area contributed by atoms with Crippen LogP contribution in [0.25, 0.3) is 0 Å². The standard InChI is InChI=1S/C14H17BrN4O2S/c1-3-4-21-13-10(15)5-9(6-11(13)20-2)7-17-19-14-18-12(16)8-22-14/h5-8H,3-4,16H2,1-2H3,(H,18,19). The van der Waals surface area contributed by atoms with Crippen molar-refractivity contribution in [1.29, 1.82) is 0 Å². The van der Waals surface area contributed by atoms with E-state index in [2.05, 4.69) is 38.4 Å². The molecule has 0 amide bonds. The number of hydrogen-bond donors (Lipinski definition) is 2. The number of nitrogens with two attached hydrogens (primary N) is 1. The number of anilines is 2. The number of ether oxygens (including phenoxy) is 2. The Morgan fingerprint density at radius 2 is 2.32 bits per heavy atom. The molecule has 3 N–H and O–H groups in total. The average Bonchev–Trinajstić information content (AvgIpc) is 2.91. The molecule has 0 fully saturated rings. The number of thiazole rings is 1. The second kappa shape index (κ2) is 8.00. The summed E-state index contributed by atoms with van der Waals surface area (Å²) in [5.74, 6) is 1.83. The molecule has 1 aromatic carbocycles. The molecule has 0 radical (unpaired) electrons. The van der Waals surface area contributed by atoms with E-state index in [0.29, 0.717) is 29.1 Å². The molecule has 2 aromatic rings. The first kappa shape index (κ1) is 16.6. The summed E-state index contributed by atoms with van der Waals surface area (Å²) in [5, 5.41) is 6.52. The molecule has 6 nitrogen and oxygen atoms in total. The smallest absolute Gasteiger partial charge is 0.205 e. The topological polar surface area (TPSA) is 81.8 Å². The van der Waals surface area contributed by atoms with Gasteiger partial charge in [-0.3, -0.25) is 5.43 Å². The first-order chi connectivity index (χ1) is 10.6. The van der Waals surface area contributed by atoms with Crippen molar-refractivity contribution in [2.45, 2.75) is 13.3 Å². The number of aromatic nitrogens is 1. The summed E-state index contributed by atoms with van der Waals surface area (Å²) in [4.78, 5) is 4.06. The predicted molar refractivity (Wildman–Crippen MR) is 94.2 cm³/mol. The Morgan fingerprint density at radius 3 is 2.95 bits per heavy atom. The van der Waals surface area contributed by atoms with Crippen molar-refractivity contribution in [1.82, 2.24) is 4.98 Å². The number of nitrogens with zero attached hydrogens (tertiary/aromatic N) is 2. The van der Waals surface area contributed by atoms with Gasteiger partial charge in [-0.15, -0.1) is 11.3 Å². The van der Waals surface area contributed by atoms with Crippen molar-refractivity contribution in [3.63, 3.8) is 0 Å². The van der Waals surface area contributed by atoms with Crippen molar-refractivity contribution in [2.24, 2.45) is 5.10 Å². The highest BCUT2D eigenvalue weighted by Gasteiger charge is 2.10. The van der Waals surface area contributed by atoms with Crippen LogP contribution in [0.4, 0.5) is 10.9 Å². The summed E-state index contributed by atoms with van der Waals surface area (Å²) in [6, 6.07) is 3.77. The molecule has 0 saturated carbocycles. The van der Waals surface area contributed by atoms with Gasteiger partial charge < -0.3 is 15.2 Å². The predicted octanol–water partition coefficient (Wildman–Crippen LogP) is 3.73. The van der Waals surface area contributed by atoms with Crippen LogP contribution in [0.3, 0.4) is 0 Å². The van der Waals surface area contributed by atoms with E-state index in [9.17, 15) is 0 Å². The fraction of sp³-hybridized carbons (Fsp3) is 0.286. The van der Waals surface area contributed by atoms with E-state index < -0.39 is 0 Å². The minimum absolute atomic E-state index is 0.476. The van der Waals surface area contributed by atoms with Gasteiger partial charge in [0.25, 0.3) is 0 Å². The Morgan fingerprint density at radius 1 is 1.50 bits per heavy atom. The van der Waals surface area contributed by atoms with E-state index >= 15 is 0 Å². The Kier molecular flexibility index (Phi) is 6.02. The molecule has 1 aromatic heterocycles. The largest absolute Gasteiger partial charge is 0.493 e. The van der Waals surface area contributed by atoms with Gasteiger partial charge >= 0.3 is 0 Å². The zero-order valence-corrected chi connectivity index (χ0v) is 14.7. The number of benzene rings is 1. The third-order valence-corrected chi connectivity index (χ3v) is 3.95. The van der Waals surface area contributed by atoms with E-state index in [1.54, 1.807) is 18.7 Å². The zero-order chi connectivity index (χ0) is 15.9. The summed E-state index contributed by atoms with van der Waals surface area (Å²) in [6.07, 6.45) is 2.61. The van der Waals surface area contributed by atoms with Crippen molar-refractivity contribution < 1.29 is 9.47 Å². The Bertz CT molecular complexity index is 660. The molecule has 0 saturated heterocycles. The van der Waals surface area contributed by atoms with E-state index in [4.69, 9.17) is 15.2 Å². The van der Waals surface area contributed by atoms with E-state index in [0.717, 1.165) is 16.5 Å². The van der Waals surface area contributed by atoms with E-state index in [1.807, 2.05) is 12.1 Å². The fourth-order valence-corrected chi connectivity index (χ4v) is 2.78. The van der Waals surface area contributed by atoms with Crippen molar-refractivity contribution in [3.05, 3.63) is 27.5 Å². The SMILES string of the molecule is CCCOc1c(Br)cc(C=NNc2nc(N)cs2)cc1OC. The van der Waals surface area contributed by atoms with Crippen LogP contribution in [0.1, 0.15) is 18.9 Å². The number of hydrogen-bond acceptors (Lipinski definition) is 7. The van der Waals surface area contributed by atoms with Crippen molar-refractivity contribution >= 4 is 44.4 Å². The highest BCUT2D eigenvalue weighted by Crippen LogP contribution is 2.36.